The van der Waals surface area contributed by atoms with Gasteiger partial charge in [0.25, 0.3) is 11.8 Å². The molecule has 5 aliphatic rings. The van der Waals surface area contributed by atoms with E-state index in [-0.39, 0.29) is 29.9 Å². The Labute approximate surface area is 256 Å². The zero-order valence-corrected chi connectivity index (χ0v) is 25.5. The number of benzene rings is 3. The van der Waals surface area contributed by atoms with E-state index in [9.17, 15) is 24.6 Å². The van der Waals surface area contributed by atoms with Crippen molar-refractivity contribution in [3.8, 4) is 0 Å². The number of hydrogen-bond acceptors (Lipinski definition) is 8. The summed E-state index contributed by atoms with van der Waals surface area (Å²) >= 11 is 0. The number of hydrogen-bond donors (Lipinski definition) is 1. The van der Waals surface area contributed by atoms with E-state index in [4.69, 9.17) is 4.84 Å². The predicted octanol–water partition coefficient (Wildman–Crippen LogP) is 4.67. The molecule has 0 saturated carbocycles. The van der Waals surface area contributed by atoms with E-state index in [2.05, 4.69) is 58.7 Å². The average Bonchev–Trinajstić information content (AvgIpc) is 3.38. The third-order valence-electron chi connectivity index (χ3n) is 9.97. The van der Waals surface area contributed by atoms with E-state index in [1.165, 1.54) is 6.07 Å². The van der Waals surface area contributed by atoms with Crippen LogP contribution in [0.4, 0.5) is 11.4 Å². The number of fused-ring (bicyclic) bond motifs is 6. The summed E-state index contributed by atoms with van der Waals surface area (Å²) in [5.74, 6) is -2.36. The van der Waals surface area contributed by atoms with Gasteiger partial charge in [-0.15, -0.1) is 5.06 Å². The number of ketones is 1. The Morgan fingerprint density at radius 2 is 1.32 bits per heavy atom. The van der Waals surface area contributed by atoms with Crippen LogP contribution in [0.25, 0.3) is 0 Å². The number of nitrogens with one attached hydrogen (secondary N) is 1. The van der Waals surface area contributed by atoms with E-state index < -0.39 is 33.2 Å². The number of carbonyl (C=O) groups excluding carboxylic acids is 4. The van der Waals surface area contributed by atoms with Crippen molar-refractivity contribution < 1.29 is 24.0 Å². The molecule has 0 bridgehead atoms. The van der Waals surface area contributed by atoms with Crippen LogP contribution in [0.5, 0.6) is 0 Å². The Morgan fingerprint density at radius 3 is 1.82 bits per heavy atom. The van der Waals surface area contributed by atoms with Gasteiger partial charge in [0.2, 0.25) is 5.78 Å². The molecule has 0 atom stereocenters. The first-order chi connectivity index (χ1) is 21.1. The fraction of sp³-hybridized carbons (Fsp3) is 0.324. The Balaban J connectivity index is 1.35. The molecule has 0 aromatic heterocycles. The molecule has 3 aromatic rings. The van der Waals surface area contributed by atoms with Gasteiger partial charge >= 0.3 is 5.97 Å². The minimum atomic E-state index is -1.58. The molecular formula is C34H32N4O5S. The van der Waals surface area contributed by atoms with Gasteiger partial charge in [-0.05, 0) is 84.5 Å². The van der Waals surface area contributed by atoms with Crippen LogP contribution in [0.15, 0.2) is 64.4 Å². The lowest BCUT2D eigenvalue weighted by Crippen LogP contribution is -2.42. The van der Waals surface area contributed by atoms with Crippen LogP contribution >= 0.6 is 10.0 Å². The second-order valence-corrected chi connectivity index (χ2v) is 16.1. The minimum Gasteiger partial charge on any atom is -0.371 e. The molecule has 224 valence electrons. The second-order valence-electron chi connectivity index (χ2n) is 12.5. The molecule has 10 heteroatoms. The summed E-state index contributed by atoms with van der Waals surface area (Å²) in [6.07, 6.45) is 6.87. The van der Waals surface area contributed by atoms with E-state index in [1.54, 1.807) is 12.1 Å². The quantitative estimate of drug-likeness (QED) is 0.429. The zero-order valence-electron chi connectivity index (χ0n) is 24.6. The summed E-state index contributed by atoms with van der Waals surface area (Å²) in [7, 11) is -1.58. The maximum absolute atomic E-state index is 13.9. The number of anilines is 2. The first-order valence-electron chi connectivity index (χ1n) is 15.0. The second kappa shape index (κ2) is 9.28. The Bertz CT molecular complexity index is 1770. The molecule has 44 heavy (non-hydrogen) atoms. The lowest BCUT2D eigenvalue weighted by atomic mass is 9.68. The van der Waals surface area contributed by atoms with Crippen LogP contribution in [0.1, 0.15) is 63.1 Å². The van der Waals surface area contributed by atoms with Crippen LogP contribution < -0.4 is 9.80 Å². The zero-order chi connectivity index (χ0) is 30.5. The van der Waals surface area contributed by atoms with Crippen molar-refractivity contribution in [3.63, 3.8) is 0 Å². The summed E-state index contributed by atoms with van der Waals surface area (Å²) < 4.78 is 0. The van der Waals surface area contributed by atoms with E-state index in [1.807, 2.05) is 0 Å². The van der Waals surface area contributed by atoms with E-state index in [0.29, 0.717) is 16.2 Å². The molecule has 1 aliphatic carbocycles. The van der Waals surface area contributed by atoms with E-state index >= 15 is 0 Å². The number of imide groups is 1. The van der Waals surface area contributed by atoms with Crippen molar-refractivity contribution in [2.24, 2.45) is 0 Å². The van der Waals surface area contributed by atoms with Crippen molar-refractivity contribution in [2.75, 3.05) is 48.5 Å². The smallest absolute Gasteiger partial charge is 0.363 e. The largest absolute Gasteiger partial charge is 0.371 e. The van der Waals surface area contributed by atoms with Crippen molar-refractivity contribution in [3.05, 3.63) is 82.4 Å². The van der Waals surface area contributed by atoms with Crippen molar-refractivity contribution in [2.45, 2.75) is 40.9 Å². The predicted molar refractivity (Wildman–Crippen MR) is 167 cm³/mol. The highest BCUT2D eigenvalue weighted by atomic mass is 32.3. The summed E-state index contributed by atoms with van der Waals surface area (Å²) in [5, 5.41) is 10.0. The summed E-state index contributed by atoms with van der Waals surface area (Å²) in [6, 6.07) is 17.5. The van der Waals surface area contributed by atoms with Gasteiger partial charge in [-0.3, -0.25) is 19.8 Å². The topological polar surface area (TPSA) is 111 Å². The molecule has 8 rings (SSSR count). The Hall–Kier alpha value is -4.44. The Kier molecular flexibility index (Phi) is 5.72. The molecule has 9 nitrogen and oxygen atoms in total. The van der Waals surface area contributed by atoms with Crippen molar-refractivity contribution >= 4 is 50.7 Å². The molecule has 0 radical (unpaired) electrons. The molecule has 4 aliphatic heterocycles. The number of rotatable bonds is 4. The van der Waals surface area contributed by atoms with Crippen LogP contribution in [-0.2, 0) is 19.8 Å². The highest BCUT2D eigenvalue weighted by Crippen LogP contribution is 2.69. The van der Waals surface area contributed by atoms with Crippen molar-refractivity contribution in [1.29, 1.82) is 5.41 Å². The molecule has 3 fully saturated rings. The van der Waals surface area contributed by atoms with Crippen LogP contribution in [0.3, 0.4) is 0 Å². The van der Waals surface area contributed by atoms with Gasteiger partial charge < -0.3 is 14.6 Å². The van der Waals surface area contributed by atoms with Gasteiger partial charge in [0.1, 0.15) is 0 Å². The fourth-order valence-corrected chi connectivity index (χ4v) is 9.87. The van der Waals surface area contributed by atoms with Gasteiger partial charge in [-0.25, -0.2) is 4.79 Å². The lowest BCUT2D eigenvalue weighted by Gasteiger charge is -2.49. The van der Waals surface area contributed by atoms with Crippen LogP contribution in [-0.4, -0.2) is 73.0 Å². The normalized spacial score (nSPS) is 21.5. The summed E-state index contributed by atoms with van der Waals surface area (Å²) in [6.45, 7) is 4.00. The highest BCUT2D eigenvalue weighted by molar-refractivity contribution is 8.32. The molecule has 0 unspecified atom stereocenters. The molecule has 3 aromatic carbocycles. The lowest BCUT2D eigenvalue weighted by molar-refractivity contribution is -0.172. The fourth-order valence-electron chi connectivity index (χ4n) is 7.26. The molecular weight excluding hydrogens is 576 g/mol. The number of nitrogens with zero attached hydrogens (tertiary/aromatic N) is 3. The third kappa shape index (κ3) is 3.51. The SMILES string of the molecule is CS1(C)c2cc(N3CCC3)ccc2C2(C(=N)C(=O)c3ccc(C(=O)ON4C(=O)CCC4=O)cc32)c2ccc(N3CCC3)cc21. The maximum atomic E-state index is 13.9. The highest BCUT2D eigenvalue weighted by Gasteiger charge is 2.57. The molecule has 4 heterocycles. The number of Topliss-reactive ketones (excluding diaryl/α,β-unsaturated/α-hetero) is 1. The number of amides is 2. The van der Waals surface area contributed by atoms with Crippen molar-refractivity contribution in [1.82, 2.24) is 5.06 Å². The summed E-state index contributed by atoms with van der Waals surface area (Å²) in [5.41, 5.74) is 3.80. The van der Waals surface area contributed by atoms with Gasteiger partial charge in [0.05, 0.1) is 16.7 Å². The van der Waals surface area contributed by atoms with Gasteiger partial charge in [0, 0.05) is 65.7 Å². The number of carbonyl (C=O) groups is 4. The standard InChI is InChI=1S/C34H32N4O5S/c1-44(2)27-18-21(36-13-3-14-36)6-9-24(27)34(25-10-7-22(19-28(25)44)37-15-4-16-37)26-17-20(5-8-23(26)31(41)32(34)35)33(42)43-38-29(39)11-12-30(38)40/h5-10,17-19,35H,3-4,11-16H2,1-2H3. The molecule has 3 saturated heterocycles. The third-order valence-corrected chi connectivity index (χ3v) is 12.8. The Morgan fingerprint density at radius 1 is 0.773 bits per heavy atom. The number of hydroxylamine groups is 2. The average molecular weight is 609 g/mol. The van der Waals surface area contributed by atoms with Crippen LogP contribution in [0.2, 0.25) is 0 Å². The van der Waals surface area contributed by atoms with Gasteiger partial charge in [-0.1, -0.05) is 12.1 Å². The maximum Gasteiger partial charge on any atom is 0.363 e. The first-order valence-corrected chi connectivity index (χ1v) is 17.5. The first kappa shape index (κ1) is 27.1. The molecule has 1 N–H and O–H groups in total. The van der Waals surface area contributed by atoms with Gasteiger partial charge in [0.15, 0.2) is 0 Å². The van der Waals surface area contributed by atoms with E-state index in [0.717, 1.165) is 71.3 Å². The minimum absolute atomic E-state index is 0.00437. The van der Waals surface area contributed by atoms with Gasteiger partial charge in [-0.2, -0.15) is 10.0 Å². The summed E-state index contributed by atoms with van der Waals surface area (Å²) in [4.78, 5) is 63.8. The van der Waals surface area contributed by atoms with Crippen LogP contribution in [0, 0.1) is 5.41 Å². The molecule has 2 amide bonds. The monoisotopic (exact) mass is 608 g/mol. The molecule has 1 spiro atoms.